The Kier molecular flexibility index (Phi) is 6.87. The van der Waals surface area contributed by atoms with E-state index in [-0.39, 0.29) is 11.9 Å². The summed E-state index contributed by atoms with van der Waals surface area (Å²) < 4.78 is 0. The van der Waals surface area contributed by atoms with E-state index in [1.807, 2.05) is 0 Å². The number of nitrogens with zero attached hydrogens (tertiary/aromatic N) is 1. The summed E-state index contributed by atoms with van der Waals surface area (Å²) in [6.07, 6.45) is 3.39. The normalized spacial score (nSPS) is 17.7. The van der Waals surface area contributed by atoms with Gasteiger partial charge in [0.1, 0.15) is 0 Å². The molecule has 1 heterocycles. The van der Waals surface area contributed by atoms with Crippen molar-refractivity contribution in [2.45, 2.75) is 39.2 Å². The maximum atomic E-state index is 12.2. The number of carbonyl (C=O) groups is 1. The zero-order chi connectivity index (χ0) is 15.8. The van der Waals surface area contributed by atoms with Gasteiger partial charge in [-0.25, -0.2) is 0 Å². The van der Waals surface area contributed by atoms with Gasteiger partial charge in [-0.05, 0) is 44.0 Å². The summed E-state index contributed by atoms with van der Waals surface area (Å²) >= 11 is 0. The third-order valence-electron chi connectivity index (χ3n) is 4.20. The van der Waals surface area contributed by atoms with E-state index < -0.39 is 0 Å². The Morgan fingerprint density at radius 2 is 2.05 bits per heavy atom. The lowest BCUT2D eigenvalue weighted by Gasteiger charge is -2.21. The molecule has 0 aromatic heterocycles. The molecular formula is C18H29N3O. The molecule has 4 nitrogen and oxygen atoms in total. The lowest BCUT2D eigenvalue weighted by molar-refractivity contribution is -0.122. The maximum Gasteiger partial charge on any atom is 0.234 e. The second kappa shape index (κ2) is 8.91. The second-order valence-electron chi connectivity index (χ2n) is 6.16. The van der Waals surface area contributed by atoms with Gasteiger partial charge in [0.15, 0.2) is 0 Å². The molecule has 1 aliphatic rings. The van der Waals surface area contributed by atoms with E-state index in [0.717, 1.165) is 45.4 Å². The average Bonchev–Trinajstić information content (AvgIpc) is 2.77. The minimum absolute atomic E-state index is 0.0632. The van der Waals surface area contributed by atoms with Crippen molar-refractivity contribution in [1.29, 1.82) is 0 Å². The highest BCUT2D eigenvalue weighted by Crippen LogP contribution is 2.14. The van der Waals surface area contributed by atoms with E-state index in [1.165, 1.54) is 11.1 Å². The van der Waals surface area contributed by atoms with E-state index in [2.05, 4.69) is 53.6 Å². The predicted octanol–water partition coefficient (Wildman–Crippen LogP) is 2.11. The quantitative estimate of drug-likeness (QED) is 0.846. The van der Waals surface area contributed by atoms with E-state index in [1.54, 1.807) is 0 Å². The molecule has 0 bridgehead atoms. The molecule has 1 aromatic carbocycles. The molecule has 1 fully saturated rings. The van der Waals surface area contributed by atoms with Gasteiger partial charge in [-0.1, -0.05) is 37.6 Å². The van der Waals surface area contributed by atoms with Crippen molar-refractivity contribution in [2.24, 2.45) is 0 Å². The minimum Gasteiger partial charge on any atom is -0.348 e. The number of benzene rings is 1. The van der Waals surface area contributed by atoms with Crippen LogP contribution in [0.25, 0.3) is 0 Å². The van der Waals surface area contributed by atoms with Crippen LogP contribution in [-0.4, -0.2) is 43.5 Å². The molecule has 22 heavy (non-hydrogen) atoms. The highest BCUT2D eigenvalue weighted by Gasteiger charge is 2.15. The van der Waals surface area contributed by atoms with Crippen molar-refractivity contribution < 1.29 is 4.79 Å². The fourth-order valence-electron chi connectivity index (χ4n) is 2.89. The molecule has 0 aliphatic carbocycles. The Morgan fingerprint density at radius 1 is 1.27 bits per heavy atom. The number of nitrogens with one attached hydrogen (secondary N) is 2. The summed E-state index contributed by atoms with van der Waals surface area (Å²) in [5, 5.41) is 6.47. The molecule has 1 aliphatic heterocycles. The standard InChI is InChI=1S/C18H29N3O/c1-3-5-16-6-8-17(9-7-16)15(2)20-18(22)14-21-12-4-10-19-11-13-21/h6-9,15,19H,3-5,10-14H2,1-2H3,(H,20,22). The number of rotatable bonds is 6. The van der Waals surface area contributed by atoms with Crippen LogP contribution in [-0.2, 0) is 11.2 Å². The molecule has 1 unspecified atom stereocenters. The smallest absolute Gasteiger partial charge is 0.234 e. The maximum absolute atomic E-state index is 12.2. The van der Waals surface area contributed by atoms with Crippen LogP contribution >= 0.6 is 0 Å². The molecule has 1 aromatic rings. The number of hydrogen-bond donors (Lipinski definition) is 2. The zero-order valence-electron chi connectivity index (χ0n) is 13.9. The largest absolute Gasteiger partial charge is 0.348 e. The number of carbonyl (C=O) groups excluding carboxylic acids is 1. The second-order valence-corrected chi connectivity index (χ2v) is 6.16. The molecule has 1 atom stereocenters. The van der Waals surface area contributed by atoms with E-state index in [4.69, 9.17) is 0 Å². The van der Waals surface area contributed by atoms with Crippen molar-refractivity contribution in [3.05, 3.63) is 35.4 Å². The van der Waals surface area contributed by atoms with Gasteiger partial charge in [0.05, 0.1) is 12.6 Å². The summed E-state index contributed by atoms with van der Waals surface area (Å²) in [7, 11) is 0. The van der Waals surface area contributed by atoms with Crippen molar-refractivity contribution in [1.82, 2.24) is 15.5 Å². The molecule has 2 rings (SSSR count). The number of hydrogen-bond acceptors (Lipinski definition) is 3. The average molecular weight is 303 g/mol. The van der Waals surface area contributed by atoms with Gasteiger partial charge < -0.3 is 10.6 Å². The SMILES string of the molecule is CCCc1ccc(C(C)NC(=O)CN2CCCNCC2)cc1. The molecule has 2 N–H and O–H groups in total. The molecular weight excluding hydrogens is 274 g/mol. The van der Waals surface area contributed by atoms with Gasteiger partial charge in [-0.15, -0.1) is 0 Å². The molecule has 1 amide bonds. The van der Waals surface area contributed by atoms with Crippen LogP contribution in [0, 0.1) is 0 Å². The van der Waals surface area contributed by atoms with E-state index >= 15 is 0 Å². The minimum atomic E-state index is 0.0632. The summed E-state index contributed by atoms with van der Waals surface area (Å²) in [4.78, 5) is 14.4. The molecule has 122 valence electrons. The van der Waals surface area contributed by atoms with Crippen LogP contribution in [0.2, 0.25) is 0 Å². The molecule has 0 radical (unpaired) electrons. The van der Waals surface area contributed by atoms with Crippen molar-refractivity contribution in [3.63, 3.8) is 0 Å². The Labute approximate surface area is 134 Å². The fourth-order valence-corrected chi connectivity index (χ4v) is 2.89. The molecule has 0 saturated carbocycles. The Morgan fingerprint density at radius 3 is 2.77 bits per heavy atom. The van der Waals surface area contributed by atoms with Crippen LogP contribution in [0.1, 0.15) is 43.9 Å². The topological polar surface area (TPSA) is 44.4 Å². The van der Waals surface area contributed by atoms with Gasteiger partial charge in [0.2, 0.25) is 5.91 Å². The van der Waals surface area contributed by atoms with Crippen LogP contribution < -0.4 is 10.6 Å². The predicted molar refractivity (Wildman–Crippen MR) is 90.9 cm³/mol. The highest BCUT2D eigenvalue weighted by atomic mass is 16.2. The van der Waals surface area contributed by atoms with E-state index in [0.29, 0.717) is 6.54 Å². The monoisotopic (exact) mass is 303 g/mol. The van der Waals surface area contributed by atoms with Gasteiger partial charge in [0, 0.05) is 13.1 Å². The fraction of sp³-hybridized carbons (Fsp3) is 0.611. The van der Waals surface area contributed by atoms with Gasteiger partial charge in [-0.2, -0.15) is 0 Å². The zero-order valence-corrected chi connectivity index (χ0v) is 13.9. The summed E-state index contributed by atoms with van der Waals surface area (Å²) in [5.41, 5.74) is 2.53. The summed E-state index contributed by atoms with van der Waals surface area (Å²) in [6, 6.07) is 8.66. The lowest BCUT2D eigenvalue weighted by atomic mass is 10.0. The van der Waals surface area contributed by atoms with Gasteiger partial charge in [-0.3, -0.25) is 9.69 Å². The van der Waals surface area contributed by atoms with Crippen molar-refractivity contribution in [3.8, 4) is 0 Å². The first-order valence-electron chi connectivity index (χ1n) is 8.50. The first kappa shape index (κ1) is 17.0. The van der Waals surface area contributed by atoms with Gasteiger partial charge >= 0.3 is 0 Å². The Balaban J connectivity index is 1.82. The van der Waals surface area contributed by atoms with Crippen LogP contribution in [0.15, 0.2) is 24.3 Å². The van der Waals surface area contributed by atoms with Crippen LogP contribution in [0.3, 0.4) is 0 Å². The molecule has 4 heteroatoms. The van der Waals surface area contributed by atoms with Gasteiger partial charge in [0.25, 0.3) is 0 Å². The van der Waals surface area contributed by atoms with Crippen LogP contribution in [0.4, 0.5) is 0 Å². The van der Waals surface area contributed by atoms with Crippen molar-refractivity contribution in [2.75, 3.05) is 32.7 Å². The Hall–Kier alpha value is -1.39. The molecule has 0 spiro atoms. The summed E-state index contributed by atoms with van der Waals surface area (Å²) in [6.45, 7) is 8.72. The third kappa shape index (κ3) is 5.43. The Bertz CT molecular complexity index is 450. The van der Waals surface area contributed by atoms with E-state index in [9.17, 15) is 4.79 Å². The molecule has 1 saturated heterocycles. The third-order valence-corrected chi connectivity index (χ3v) is 4.20. The highest BCUT2D eigenvalue weighted by molar-refractivity contribution is 5.78. The first-order valence-corrected chi connectivity index (χ1v) is 8.50. The number of aryl methyl sites for hydroxylation is 1. The first-order chi connectivity index (χ1) is 10.7. The lowest BCUT2D eigenvalue weighted by Crippen LogP contribution is -2.39. The van der Waals surface area contributed by atoms with Crippen LogP contribution in [0.5, 0.6) is 0 Å². The number of amides is 1. The summed E-state index contributed by atoms with van der Waals surface area (Å²) in [5.74, 6) is 0.118. The van der Waals surface area contributed by atoms with Crippen molar-refractivity contribution >= 4 is 5.91 Å².